The van der Waals surface area contributed by atoms with E-state index in [1.54, 1.807) is 0 Å². The average molecular weight is 445 g/mol. The van der Waals surface area contributed by atoms with Crippen LogP contribution in [0.5, 0.6) is 0 Å². The third-order valence-corrected chi connectivity index (χ3v) is 4.19. The van der Waals surface area contributed by atoms with Gasteiger partial charge in [-0.2, -0.15) is 0 Å². The van der Waals surface area contributed by atoms with E-state index in [1.165, 1.54) is 6.42 Å². The van der Waals surface area contributed by atoms with Crippen LogP contribution in [0.4, 0.5) is 5.82 Å². The van der Waals surface area contributed by atoms with E-state index in [-0.39, 0.29) is 24.0 Å². The highest BCUT2D eigenvalue weighted by molar-refractivity contribution is 14.0. The van der Waals surface area contributed by atoms with E-state index in [1.807, 2.05) is 31.3 Å². The van der Waals surface area contributed by atoms with Crippen LogP contribution in [0.3, 0.4) is 0 Å². The fourth-order valence-electron chi connectivity index (χ4n) is 3.38. The number of pyridine rings is 1. The summed E-state index contributed by atoms with van der Waals surface area (Å²) in [6.07, 6.45) is 3.14. The van der Waals surface area contributed by atoms with Crippen molar-refractivity contribution in [2.24, 2.45) is 16.8 Å². The van der Waals surface area contributed by atoms with Gasteiger partial charge in [0.2, 0.25) is 0 Å². The number of hydrogen-bond donors (Lipinski definition) is 1. The summed E-state index contributed by atoms with van der Waals surface area (Å²) in [4.78, 5) is 13.8. The normalized spacial score (nSPS) is 21.2. The fourth-order valence-corrected chi connectivity index (χ4v) is 3.38. The Balaban J connectivity index is 0.00000288. The molecule has 2 heterocycles. The summed E-state index contributed by atoms with van der Waals surface area (Å²) in [5, 5.41) is 3.45. The molecule has 1 aromatic rings. The van der Waals surface area contributed by atoms with Crippen LogP contribution in [0, 0.1) is 11.8 Å². The molecule has 2 rings (SSSR count). The molecule has 136 valence electrons. The topological polar surface area (TPSA) is 43.8 Å². The third kappa shape index (κ3) is 5.79. The van der Waals surface area contributed by atoms with Crippen LogP contribution in [-0.4, -0.2) is 49.6 Å². The van der Waals surface area contributed by atoms with Crippen LogP contribution in [0.25, 0.3) is 0 Å². The molecule has 1 aliphatic heterocycles. The van der Waals surface area contributed by atoms with Gasteiger partial charge in [0.1, 0.15) is 5.82 Å². The predicted octanol–water partition coefficient (Wildman–Crippen LogP) is 3.21. The van der Waals surface area contributed by atoms with Crippen LogP contribution in [0.2, 0.25) is 0 Å². The molecule has 0 bridgehead atoms. The maximum atomic E-state index is 4.88. The molecule has 0 aliphatic carbocycles. The molecular weight excluding hydrogens is 413 g/mol. The number of rotatable bonds is 4. The minimum atomic E-state index is 0. The number of anilines is 1. The second kappa shape index (κ2) is 10.1. The zero-order chi connectivity index (χ0) is 16.8. The Labute approximate surface area is 163 Å². The van der Waals surface area contributed by atoms with Crippen molar-refractivity contribution in [3.05, 3.63) is 23.9 Å². The first-order valence-electron chi connectivity index (χ1n) is 8.65. The molecule has 6 heteroatoms. The third-order valence-electron chi connectivity index (χ3n) is 4.19. The number of halogens is 1. The van der Waals surface area contributed by atoms with Crippen molar-refractivity contribution >= 4 is 35.8 Å². The molecule has 0 aromatic carbocycles. The van der Waals surface area contributed by atoms with Gasteiger partial charge >= 0.3 is 0 Å². The zero-order valence-corrected chi connectivity index (χ0v) is 17.9. The second-order valence-corrected chi connectivity index (χ2v) is 6.90. The molecule has 1 saturated heterocycles. The molecule has 0 radical (unpaired) electrons. The van der Waals surface area contributed by atoms with Crippen molar-refractivity contribution in [3.8, 4) is 0 Å². The van der Waals surface area contributed by atoms with E-state index < -0.39 is 0 Å². The number of hydrogen-bond acceptors (Lipinski definition) is 3. The number of piperidine rings is 1. The van der Waals surface area contributed by atoms with E-state index in [0.717, 1.165) is 48.8 Å². The highest BCUT2D eigenvalue weighted by atomic mass is 127. The minimum absolute atomic E-state index is 0. The number of aromatic nitrogens is 1. The van der Waals surface area contributed by atoms with Gasteiger partial charge in [-0.1, -0.05) is 19.9 Å². The van der Waals surface area contributed by atoms with Crippen molar-refractivity contribution in [2.45, 2.75) is 33.7 Å². The monoisotopic (exact) mass is 445 g/mol. The summed E-state index contributed by atoms with van der Waals surface area (Å²) in [7, 11) is 4.05. The number of nitrogens with zero attached hydrogens (tertiary/aromatic N) is 4. The lowest BCUT2D eigenvalue weighted by molar-refractivity contribution is 0.208. The number of aliphatic imine (C=N–C) groups is 1. The molecule has 0 amide bonds. The van der Waals surface area contributed by atoms with Gasteiger partial charge in [-0.05, 0) is 31.2 Å². The lowest BCUT2D eigenvalue weighted by Gasteiger charge is -2.37. The van der Waals surface area contributed by atoms with Crippen LogP contribution < -0.4 is 10.2 Å². The van der Waals surface area contributed by atoms with Gasteiger partial charge in [0.25, 0.3) is 0 Å². The summed E-state index contributed by atoms with van der Waals surface area (Å²) in [6.45, 7) is 10.5. The Morgan fingerprint density at radius 2 is 2.00 bits per heavy atom. The van der Waals surface area contributed by atoms with Crippen LogP contribution in [0.15, 0.2) is 23.3 Å². The van der Waals surface area contributed by atoms with Gasteiger partial charge in [0.15, 0.2) is 5.96 Å². The Morgan fingerprint density at radius 3 is 2.58 bits per heavy atom. The standard InChI is InChI=1S/C18H31N5.HI/c1-6-19-18(23-12-14(2)10-15(3)13-23)21-11-16-8-7-9-20-17(16)22(4)5;/h7-9,14-15H,6,10-13H2,1-5H3,(H,19,21);1H. The van der Waals surface area contributed by atoms with Crippen LogP contribution in [0.1, 0.15) is 32.8 Å². The first kappa shape index (κ1) is 21.0. The van der Waals surface area contributed by atoms with Gasteiger partial charge in [0.05, 0.1) is 6.54 Å². The summed E-state index contributed by atoms with van der Waals surface area (Å²) in [6, 6.07) is 4.09. The van der Waals surface area contributed by atoms with Crippen LogP contribution >= 0.6 is 24.0 Å². The molecule has 2 unspecified atom stereocenters. The summed E-state index contributed by atoms with van der Waals surface area (Å²) in [5.74, 6) is 3.46. The van der Waals surface area contributed by atoms with E-state index >= 15 is 0 Å². The van der Waals surface area contributed by atoms with Gasteiger partial charge in [-0.3, -0.25) is 0 Å². The Kier molecular flexibility index (Phi) is 8.80. The largest absolute Gasteiger partial charge is 0.362 e. The van der Waals surface area contributed by atoms with Crippen LogP contribution in [-0.2, 0) is 6.54 Å². The number of likely N-dealkylation sites (tertiary alicyclic amines) is 1. The molecule has 1 N–H and O–H groups in total. The highest BCUT2D eigenvalue weighted by Crippen LogP contribution is 2.21. The van der Waals surface area contributed by atoms with E-state index in [4.69, 9.17) is 4.99 Å². The first-order chi connectivity index (χ1) is 11.0. The van der Waals surface area contributed by atoms with E-state index in [2.05, 4.69) is 42.0 Å². The maximum absolute atomic E-state index is 4.88. The highest BCUT2D eigenvalue weighted by Gasteiger charge is 2.24. The van der Waals surface area contributed by atoms with Crippen molar-refractivity contribution in [3.63, 3.8) is 0 Å². The zero-order valence-electron chi connectivity index (χ0n) is 15.6. The average Bonchev–Trinajstić information content (AvgIpc) is 2.50. The lowest BCUT2D eigenvalue weighted by Crippen LogP contribution is -2.48. The maximum Gasteiger partial charge on any atom is 0.194 e. The molecular formula is C18H32IN5. The summed E-state index contributed by atoms with van der Waals surface area (Å²) >= 11 is 0. The molecule has 5 nitrogen and oxygen atoms in total. The molecule has 0 spiro atoms. The molecule has 0 saturated carbocycles. The quantitative estimate of drug-likeness (QED) is 0.439. The summed E-state index contributed by atoms with van der Waals surface area (Å²) in [5.41, 5.74) is 1.16. The van der Waals surface area contributed by atoms with Crippen molar-refractivity contribution in [2.75, 3.05) is 38.6 Å². The Bertz CT molecular complexity index is 522. The van der Waals surface area contributed by atoms with Gasteiger partial charge < -0.3 is 15.1 Å². The number of nitrogens with one attached hydrogen (secondary N) is 1. The molecule has 24 heavy (non-hydrogen) atoms. The smallest absolute Gasteiger partial charge is 0.194 e. The SMILES string of the molecule is CCNC(=NCc1cccnc1N(C)C)N1CC(C)CC(C)C1.I. The van der Waals surface area contributed by atoms with Gasteiger partial charge in [0, 0.05) is 45.5 Å². The first-order valence-corrected chi connectivity index (χ1v) is 8.65. The molecule has 1 fully saturated rings. The molecule has 2 atom stereocenters. The van der Waals surface area contributed by atoms with Crippen molar-refractivity contribution in [1.82, 2.24) is 15.2 Å². The fraction of sp³-hybridized carbons (Fsp3) is 0.667. The second-order valence-electron chi connectivity index (χ2n) is 6.90. The number of guanidine groups is 1. The van der Waals surface area contributed by atoms with Crippen molar-refractivity contribution in [1.29, 1.82) is 0 Å². The molecule has 1 aromatic heterocycles. The Hall–Kier alpha value is -1.05. The van der Waals surface area contributed by atoms with Gasteiger partial charge in [-0.15, -0.1) is 24.0 Å². The van der Waals surface area contributed by atoms with Gasteiger partial charge in [-0.25, -0.2) is 9.98 Å². The van der Waals surface area contributed by atoms with E-state index in [0.29, 0.717) is 6.54 Å². The molecule has 1 aliphatic rings. The lowest BCUT2D eigenvalue weighted by atomic mass is 9.92. The minimum Gasteiger partial charge on any atom is -0.362 e. The van der Waals surface area contributed by atoms with Crippen molar-refractivity contribution < 1.29 is 0 Å². The predicted molar refractivity (Wildman–Crippen MR) is 113 cm³/mol. The Morgan fingerprint density at radius 1 is 1.33 bits per heavy atom. The van der Waals surface area contributed by atoms with E-state index in [9.17, 15) is 0 Å². The summed E-state index contributed by atoms with van der Waals surface area (Å²) < 4.78 is 0.